The first-order valence-electron chi connectivity index (χ1n) is 9.94. The van der Waals surface area contributed by atoms with Crippen molar-refractivity contribution in [2.75, 3.05) is 0 Å². The molecule has 0 radical (unpaired) electrons. The molecule has 4 aromatic rings. The highest BCUT2D eigenvalue weighted by Crippen LogP contribution is 2.36. The van der Waals surface area contributed by atoms with E-state index in [2.05, 4.69) is 9.97 Å². The van der Waals surface area contributed by atoms with Crippen LogP contribution in [0.3, 0.4) is 0 Å². The number of rotatable bonds is 5. The van der Waals surface area contributed by atoms with E-state index in [1.54, 1.807) is 0 Å². The van der Waals surface area contributed by atoms with Crippen molar-refractivity contribution in [3.8, 4) is 22.2 Å². The molecule has 3 heterocycles. The average molecular weight is 532 g/mol. The van der Waals surface area contributed by atoms with Crippen LogP contribution in [0.1, 0.15) is 11.1 Å². The standard InChI is InChI=1S/C21H14F6N4O4S/c1-9-15-17(33)30-19(34)31(8-13(32)21(25,26)27)18(15)36-16(9)12-6-29-14(7-28-12)35-11-4-2-10(3-5-11)20(22,23)24/h2-7,13,32H,8H2,1H3,(H,30,33,34)/t13-/m1/s1. The number of aliphatic hydroxyl groups excluding tert-OH is 1. The molecular formula is C21H14F6N4O4S. The molecule has 0 saturated heterocycles. The second kappa shape index (κ2) is 9.05. The number of aliphatic hydroxyl groups is 1. The zero-order valence-corrected chi connectivity index (χ0v) is 18.8. The minimum atomic E-state index is -4.98. The van der Waals surface area contributed by atoms with E-state index in [9.17, 15) is 41.0 Å². The number of hydrogen-bond acceptors (Lipinski definition) is 7. The van der Waals surface area contributed by atoms with Crippen LogP contribution in [0.25, 0.3) is 20.8 Å². The number of ether oxygens (including phenoxy) is 1. The van der Waals surface area contributed by atoms with E-state index in [-0.39, 0.29) is 27.5 Å². The van der Waals surface area contributed by atoms with Crippen molar-refractivity contribution in [1.82, 2.24) is 19.5 Å². The molecular weight excluding hydrogens is 518 g/mol. The number of fused-ring (bicyclic) bond motifs is 1. The van der Waals surface area contributed by atoms with Crippen LogP contribution in [-0.2, 0) is 12.7 Å². The Morgan fingerprint density at radius 3 is 2.31 bits per heavy atom. The third kappa shape index (κ3) is 4.97. The smallest absolute Gasteiger partial charge is 0.416 e. The number of nitrogens with one attached hydrogen (secondary N) is 1. The van der Waals surface area contributed by atoms with Gasteiger partial charge in [-0.1, -0.05) is 0 Å². The highest BCUT2D eigenvalue weighted by atomic mass is 32.1. The Balaban J connectivity index is 1.66. The summed E-state index contributed by atoms with van der Waals surface area (Å²) in [6.07, 6.45) is -9.91. The first-order valence-corrected chi connectivity index (χ1v) is 10.8. The molecule has 2 N–H and O–H groups in total. The predicted molar refractivity (Wildman–Crippen MR) is 116 cm³/mol. The Labute approximate surface area is 200 Å². The van der Waals surface area contributed by atoms with Crippen LogP contribution in [0, 0.1) is 6.92 Å². The van der Waals surface area contributed by atoms with Gasteiger partial charge in [0.15, 0.2) is 6.10 Å². The molecule has 0 amide bonds. The lowest BCUT2D eigenvalue weighted by atomic mass is 10.2. The second-order valence-electron chi connectivity index (χ2n) is 7.53. The van der Waals surface area contributed by atoms with Gasteiger partial charge in [-0.3, -0.25) is 14.3 Å². The Bertz CT molecular complexity index is 1520. The van der Waals surface area contributed by atoms with Crippen LogP contribution in [0.5, 0.6) is 11.6 Å². The van der Waals surface area contributed by atoms with Crippen molar-refractivity contribution in [2.45, 2.75) is 31.9 Å². The minimum Gasteiger partial charge on any atom is -0.438 e. The number of halogens is 6. The van der Waals surface area contributed by atoms with Gasteiger partial charge in [0.05, 0.1) is 40.5 Å². The number of H-pyrrole nitrogens is 1. The number of aromatic amines is 1. The van der Waals surface area contributed by atoms with Gasteiger partial charge in [0.2, 0.25) is 5.88 Å². The van der Waals surface area contributed by atoms with Gasteiger partial charge in [-0.15, -0.1) is 11.3 Å². The number of aryl methyl sites for hydroxylation is 1. The number of nitrogens with zero attached hydrogens (tertiary/aromatic N) is 3. The zero-order valence-electron chi connectivity index (χ0n) is 17.9. The van der Waals surface area contributed by atoms with E-state index in [0.717, 1.165) is 35.6 Å². The van der Waals surface area contributed by atoms with Crippen molar-refractivity contribution in [3.63, 3.8) is 0 Å². The Morgan fingerprint density at radius 2 is 1.75 bits per heavy atom. The van der Waals surface area contributed by atoms with Crippen LogP contribution in [0.15, 0.2) is 46.2 Å². The molecule has 0 aliphatic rings. The third-order valence-electron chi connectivity index (χ3n) is 5.06. The maximum Gasteiger partial charge on any atom is 0.416 e. The summed E-state index contributed by atoms with van der Waals surface area (Å²) in [5, 5.41) is 9.38. The molecule has 15 heteroatoms. The van der Waals surface area contributed by atoms with Crippen LogP contribution >= 0.6 is 11.3 Å². The minimum absolute atomic E-state index is 0.0455. The lowest BCUT2D eigenvalue weighted by Crippen LogP contribution is -2.38. The number of thiophene rings is 1. The van der Waals surface area contributed by atoms with Crippen molar-refractivity contribution in [3.05, 3.63) is 68.6 Å². The summed E-state index contributed by atoms with van der Waals surface area (Å²) in [6.45, 7) is 0.382. The summed E-state index contributed by atoms with van der Waals surface area (Å²) in [7, 11) is 0. The van der Waals surface area contributed by atoms with Crippen LogP contribution in [0.4, 0.5) is 26.3 Å². The maximum atomic E-state index is 12.8. The van der Waals surface area contributed by atoms with Gasteiger partial charge < -0.3 is 9.84 Å². The Kier molecular flexibility index (Phi) is 6.38. The molecule has 0 unspecified atom stereocenters. The van der Waals surface area contributed by atoms with Crippen LogP contribution in [0.2, 0.25) is 0 Å². The lowest BCUT2D eigenvalue weighted by molar-refractivity contribution is -0.207. The number of benzene rings is 1. The number of hydrogen-bond donors (Lipinski definition) is 2. The fourth-order valence-electron chi connectivity index (χ4n) is 3.28. The monoisotopic (exact) mass is 532 g/mol. The zero-order chi connectivity index (χ0) is 26.4. The molecule has 0 fully saturated rings. The van der Waals surface area contributed by atoms with Crippen molar-refractivity contribution >= 4 is 21.6 Å². The van der Waals surface area contributed by atoms with E-state index >= 15 is 0 Å². The highest BCUT2D eigenvalue weighted by Gasteiger charge is 2.39. The van der Waals surface area contributed by atoms with Crippen LogP contribution < -0.4 is 16.0 Å². The number of alkyl halides is 6. The molecule has 36 heavy (non-hydrogen) atoms. The van der Waals surface area contributed by atoms with Gasteiger partial charge in [-0.2, -0.15) is 26.3 Å². The van der Waals surface area contributed by atoms with Crippen molar-refractivity contribution < 1.29 is 36.2 Å². The SMILES string of the molecule is Cc1c(-c2cnc(Oc3ccc(C(F)(F)F)cc3)cn2)sc2c1c(=O)[nH]c(=O)n2C[C@@H](O)C(F)(F)F. The van der Waals surface area contributed by atoms with E-state index in [4.69, 9.17) is 4.74 Å². The van der Waals surface area contributed by atoms with Crippen molar-refractivity contribution in [2.24, 2.45) is 0 Å². The molecule has 0 aliphatic heterocycles. The Hall–Kier alpha value is -3.72. The molecule has 0 aliphatic carbocycles. The van der Waals surface area contributed by atoms with Gasteiger partial charge in [0, 0.05) is 0 Å². The van der Waals surface area contributed by atoms with Gasteiger partial charge in [-0.05, 0) is 36.8 Å². The molecule has 3 aromatic heterocycles. The summed E-state index contributed by atoms with van der Waals surface area (Å²) in [4.78, 5) is 34.9. The molecule has 1 atom stereocenters. The van der Waals surface area contributed by atoms with Crippen LogP contribution in [-0.4, -0.2) is 36.9 Å². The Morgan fingerprint density at radius 1 is 1.08 bits per heavy atom. The molecule has 0 saturated carbocycles. The fourth-order valence-corrected chi connectivity index (χ4v) is 4.55. The van der Waals surface area contributed by atoms with E-state index in [1.807, 2.05) is 4.98 Å². The third-order valence-corrected chi connectivity index (χ3v) is 6.40. The number of aromatic nitrogens is 4. The molecule has 4 rings (SSSR count). The van der Waals surface area contributed by atoms with Gasteiger partial charge >= 0.3 is 18.0 Å². The molecule has 8 nitrogen and oxygen atoms in total. The summed E-state index contributed by atoms with van der Waals surface area (Å²) >= 11 is 0.813. The second-order valence-corrected chi connectivity index (χ2v) is 8.53. The molecule has 0 spiro atoms. The normalized spacial score (nSPS) is 13.2. The topological polar surface area (TPSA) is 110 Å². The molecule has 1 aromatic carbocycles. The summed E-state index contributed by atoms with van der Waals surface area (Å²) in [5.74, 6) is 0.0159. The molecule has 190 valence electrons. The maximum absolute atomic E-state index is 12.8. The van der Waals surface area contributed by atoms with E-state index < -0.39 is 41.8 Å². The van der Waals surface area contributed by atoms with E-state index in [0.29, 0.717) is 15.0 Å². The van der Waals surface area contributed by atoms with Gasteiger partial charge in [-0.25, -0.2) is 14.8 Å². The largest absolute Gasteiger partial charge is 0.438 e. The quantitative estimate of drug-likeness (QED) is 0.372. The summed E-state index contributed by atoms with van der Waals surface area (Å²) in [6, 6.07) is 3.89. The summed E-state index contributed by atoms with van der Waals surface area (Å²) in [5.41, 5.74) is -2.27. The van der Waals surface area contributed by atoms with Gasteiger partial charge in [0.1, 0.15) is 10.6 Å². The van der Waals surface area contributed by atoms with Gasteiger partial charge in [0.25, 0.3) is 5.56 Å². The highest BCUT2D eigenvalue weighted by molar-refractivity contribution is 7.22. The fraction of sp³-hybridized carbons (Fsp3) is 0.238. The summed E-state index contributed by atoms with van der Waals surface area (Å²) < 4.78 is 82.6. The predicted octanol–water partition coefficient (Wildman–Crippen LogP) is 4.25. The first-order chi connectivity index (χ1) is 16.8. The first kappa shape index (κ1) is 25.4. The van der Waals surface area contributed by atoms with Crippen molar-refractivity contribution in [1.29, 1.82) is 0 Å². The average Bonchev–Trinajstić information content (AvgIpc) is 3.13. The lowest BCUT2D eigenvalue weighted by Gasteiger charge is -2.15. The molecule has 0 bridgehead atoms. The van der Waals surface area contributed by atoms with E-state index in [1.165, 1.54) is 19.3 Å².